The monoisotopic (exact) mass is 558 g/mol. The molecule has 1 N–H and O–H groups in total. The van der Waals surface area contributed by atoms with Gasteiger partial charge in [-0.15, -0.1) is 11.3 Å². The molecule has 1 aromatic heterocycles. The number of aryl methyl sites for hydroxylation is 2. The Kier molecular flexibility index (Phi) is 9.65. The predicted molar refractivity (Wildman–Crippen MR) is 156 cm³/mol. The maximum atomic E-state index is 15.2. The normalized spacial score (nSPS) is 23.9. The zero-order chi connectivity index (χ0) is 28.2. The molecule has 0 bridgehead atoms. The molecular formula is C32H41F3N2OS. The van der Waals surface area contributed by atoms with Gasteiger partial charge in [-0.2, -0.15) is 8.78 Å². The Bertz CT molecular complexity index is 1220. The molecule has 0 amide bonds. The minimum absolute atomic E-state index is 0.0778. The van der Waals surface area contributed by atoms with Gasteiger partial charge in [0.15, 0.2) is 0 Å². The number of fused-ring (bicyclic) bond motifs is 1. The van der Waals surface area contributed by atoms with E-state index < -0.39 is 12.5 Å². The van der Waals surface area contributed by atoms with Crippen LogP contribution in [0.15, 0.2) is 60.5 Å². The van der Waals surface area contributed by atoms with E-state index in [0.29, 0.717) is 18.5 Å². The number of nitrogens with one attached hydrogen (secondary N) is 1. The molecule has 0 aliphatic carbocycles. The lowest BCUT2D eigenvalue weighted by Crippen LogP contribution is -2.24. The largest absolute Gasteiger partial charge is 0.388 e. The fourth-order valence-corrected chi connectivity index (χ4v) is 6.86. The van der Waals surface area contributed by atoms with E-state index in [9.17, 15) is 8.78 Å². The van der Waals surface area contributed by atoms with Crippen LogP contribution in [0.3, 0.4) is 0 Å². The molecule has 0 saturated heterocycles. The van der Waals surface area contributed by atoms with Crippen molar-refractivity contribution in [1.82, 2.24) is 5.32 Å². The van der Waals surface area contributed by atoms with Gasteiger partial charge < -0.3 is 15.0 Å². The molecule has 1 aromatic carbocycles. The molecule has 3 unspecified atom stereocenters. The summed E-state index contributed by atoms with van der Waals surface area (Å²) in [5.41, 5.74) is 3.61. The lowest BCUT2D eigenvalue weighted by molar-refractivity contribution is -0.0849. The van der Waals surface area contributed by atoms with Crippen molar-refractivity contribution in [2.24, 2.45) is 5.92 Å². The van der Waals surface area contributed by atoms with Gasteiger partial charge in [-0.1, -0.05) is 43.2 Å². The van der Waals surface area contributed by atoms with Crippen LogP contribution in [-0.4, -0.2) is 26.3 Å². The number of ether oxygens (including phenoxy) is 1. The lowest BCUT2D eigenvalue weighted by Gasteiger charge is -2.26. The van der Waals surface area contributed by atoms with Gasteiger partial charge in [-0.05, 0) is 81.8 Å². The van der Waals surface area contributed by atoms with Crippen molar-refractivity contribution >= 4 is 17.0 Å². The van der Waals surface area contributed by atoms with Crippen molar-refractivity contribution in [2.75, 3.05) is 25.2 Å². The summed E-state index contributed by atoms with van der Waals surface area (Å²) in [5.74, 6) is -2.89. The maximum Gasteiger partial charge on any atom is 0.297 e. The van der Waals surface area contributed by atoms with Gasteiger partial charge in [0.05, 0.1) is 5.69 Å². The highest BCUT2D eigenvalue weighted by Gasteiger charge is 2.36. The van der Waals surface area contributed by atoms with Crippen LogP contribution in [0.4, 0.5) is 18.9 Å². The summed E-state index contributed by atoms with van der Waals surface area (Å²) in [5, 5.41) is 3.30. The van der Waals surface area contributed by atoms with E-state index in [1.54, 1.807) is 12.1 Å². The van der Waals surface area contributed by atoms with Gasteiger partial charge in [-0.3, -0.25) is 0 Å². The van der Waals surface area contributed by atoms with Crippen LogP contribution in [-0.2, 0) is 17.1 Å². The van der Waals surface area contributed by atoms with Crippen molar-refractivity contribution < 1.29 is 17.9 Å². The number of rotatable bonds is 6. The Morgan fingerprint density at radius 3 is 2.79 bits per heavy atom. The van der Waals surface area contributed by atoms with Crippen LogP contribution in [0.1, 0.15) is 72.8 Å². The summed E-state index contributed by atoms with van der Waals surface area (Å²) in [4.78, 5) is 3.57. The van der Waals surface area contributed by atoms with Crippen LogP contribution in [0.2, 0.25) is 0 Å². The van der Waals surface area contributed by atoms with Crippen molar-refractivity contribution in [2.45, 2.75) is 77.2 Å². The van der Waals surface area contributed by atoms with Crippen LogP contribution >= 0.6 is 11.3 Å². The topological polar surface area (TPSA) is 24.5 Å². The van der Waals surface area contributed by atoms with Gasteiger partial charge in [0.2, 0.25) is 0 Å². The molecule has 39 heavy (non-hydrogen) atoms. The number of halogens is 3. The minimum Gasteiger partial charge on any atom is -0.388 e. The van der Waals surface area contributed by atoms with Gasteiger partial charge in [-0.25, -0.2) is 4.39 Å². The average Bonchev–Trinajstić information content (AvgIpc) is 3.47. The molecule has 2 aliphatic rings. The van der Waals surface area contributed by atoms with E-state index in [0.717, 1.165) is 52.1 Å². The Morgan fingerprint density at radius 1 is 1.28 bits per heavy atom. The number of nitrogens with zero attached hydrogens (tertiary/aromatic N) is 1. The first-order chi connectivity index (χ1) is 18.6. The summed E-state index contributed by atoms with van der Waals surface area (Å²) >= 11 is 1.47. The van der Waals surface area contributed by atoms with Crippen molar-refractivity contribution in [3.63, 3.8) is 0 Å². The first-order valence-corrected chi connectivity index (χ1v) is 14.7. The average molecular weight is 559 g/mol. The molecule has 3 heterocycles. The second kappa shape index (κ2) is 12.8. The molecule has 0 fully saturated rings. The Hall–Kier alpha value is -2.51. The zero-order valence-corrected chi connectivity index (χ0v) is 24.4. The smallest absolute Gasteiger partial charge is 0.297 e. The lowest BCUT2D eigenvalue weighted by atomic mass is 9.88. The molecule has 0 spiro atoms. The van der Waals surface area contributed by atoms with Crippen molar-refractivity contribution in [3.05, 3.63) is 87.2 Å². The summed E-state index contributed by atoms with van der Waals surface area (Å²) in [6.07, 6.45) is 10.9. The number of allylic oxidation sites excluding steroid dienone is 2. The van der Waals surface area contributed by atoms with E-state index in [1.165, 1.54) is 17.4 Å². The molecule has 0 radical (unpaired) electrons. The number of hydrogen-bond donors (Lipinski definition) is 1. The predicted octanol–water partition coefficient (Wildman–Crippen LogP) is 8.61. The number of thiophene rings is 1. The maximum absolute atomic E-state index is 15.2. The molecule has 212 valence electrons. The molecule has 7 heteroatoms. The third kappa shape index (κ3) is 7.17. The van der Waals surface area contributed by atoms with Gasteiger partial charge >= 0.3 is 0 Å². The van der Waals surface area contributed by atoms with E-state index in [-0.39, 0.29) is 35.9 Å². The fourth-order valence-electron chi connectivity index (χ4n) is 5.73. The van der Waals surface area contributed by atoms with Crippen LogP contribution in [0.25, 0.3) is 0 Å². The second-order valence-electron chi connectivity index (χ2n) is 11.1. The summed E-state index contributed by atoms with van der Waals surface area (Å²) in [7, 11) is 1.88. The van der Waals surface area contributed by atoms with Gasteiger partial charge in [0, 0.05) is 47.1 Å². The number of hydrogen-bond acceptors (Lipinski definition) is 4. The number of alkyl halides is 2. The molecule has 2 aromatic rings. The van der Waals surface area contributed by atoms with Gasteiger partial charge in [0.25, 0.3) is 5.92 Å². The van der Waals surface area contributed by atoms with E-state index in [2.05, 4.69) is 24.9 Å². The summed E-state index contributed by atoms with van der Waals surface area (Å²) in [6.45, 7) is 9.86. The van der Waals surface area contributed by atoms with Crippen LogP contribution in [0.5, 0.6) is 0 Å². The Morgan fingerprint density at radius 2 is 2.08 bits per heavy atom. The molecule has 0 saturated carbocycles. The second-order valence-corrected chi connectivity index (χ2v) is 12.5. The quantitative estimate of drug-likeness (QED) is 0.359. The van der Waals surface area contributed by atoms with Crippen LogP contribution < -0.4 is 10.2 Å². The van der Waals surface area contributed by atoms with Crippen molar-refractivity contribution in [1.29, 1.82) is 0 Å². The third-order valence-electron chi connectivity index (χ3n) is 7.88. The molecule has 2 aliphatic heterocycles. The highest BCUT2D eigenvalue weighted by molar-refractivity contribution is 7.12. The standard InChI is InChI=1S/C32H41F3N2OS/c1-21(2)25(19-37(5)31-27(10-8-11-29(31)33)26-13-15-36-23(26)4)18-24-9-6-7-12-30-28(17-22(3)39-30)32(34,35)20-38-16-14-24/h8,10-11,13,15,17,19,23-24,26,36H,1,6-7,9,12,14,16,18,20H2,2-5H3/b25-19-. The molecule has 3 atom stereocenters. The van der Waals surface area contributed by atoms with Crippen LogP contribution in [0, 0.1) is 18.7 Å². The third-order valence-corrected chi connectivity index (χ3v) is 8.99. The minimum atomic E-state index is -2.97. The number of anilines is 1. The molecular weight excluding hydrogens is 517 g/mol. The SMILES string of the molecule is C=C(C)/C(=C\N(C)c1c(F)cccc1C1C=CNC1C)CC1CCCCc2sc(C)cc2C(F)(F)COCC1. The highest BCUT2D eigenvalue weighted by atomic mass is 32.1. The van der Waals surface area contributed by atoms with Crippen molar-refractivity contribution in [3.8, 4) is 0 Å². The fraction of sp³-hybridized carbons (Fsp3) is 0.500. The van der Waals surface area contributed by atoms with E-state index >= 15 is 4.39 Å². The summed E-state index contributed by atoms with van der Waals surface area (Å²) in [6, 6.07) is 7.06. The number of benzene rings is 1. The van der Waals surface area contributed by atoms with Gasteiger partial charge in [0.1, 0.15) is 12.4 Å². The number of para-hydroxylation sites is 1. The summed E-state index contributed by atoms with van der Waals surface area (Å²) < 4.78 is 50.6. The van der Waals surface area contributed by atoms with E-state index in [1.807, 2.05) is 44.3 Å². The first-order valence-electron chi connectivity index (χ1n) is 13.9. The van der Waals surface area contributed by atoms with E-state index in [4.69, 9.17) is 4.74 Å². The molecule has 4 rings (SSSR count). The molecule has 3 nitrogen and oxygen atoms in total. The first kappa shape index (κ1) is 29.5. The Balaban J connectivity index is 1.51. The zero-order valence-electron chi connectivity index (χ0n) is 23.5. The Labute approximate surface area is 235 Å². The highest BCUT2D eigenvalue weighted by Crippen LogP contribution is 2.38.